The lowest BCUT2D eigenvalue weighted by Gasteiger charge is -2.32. The highest BCUT2D eigenvalue weighted by Crippen LogP contribution is 2.22. The molecule has 18 heavy (non-hydrogen) atoms. The normalized spacial score (nSPS) is 28.6. The van der Waals surface area contributed by atoms with Gasteiger partial charge in [-0.2, -0.15) is 0 Å². The second-order valence-electron chi connectivity index (χ2n) is 5.20. The summed E-state index contributed by atoms with van der Waals surface area (Å²) in [6.07, 6.45) is 1.84. The Hall–Kier alpha value is -1.59. The van der Waals surface area contributed by atoms with Gasteiger partial charge >= 0.3 is 0 Å². The molecular formula is C12H19N3O3. The van der Waals surface area contributed by atoms with Crippen molar-refractivity contribution in [1.29, 1.82) is 0 Å². The molecule has 3 amide bonds. The predicted molar refractivity (Wildman–Crippen MR) is 64.2 cm³/mol. The van der Waals surface area contributed by atoms with Crippen molar-refractivity contribution in [2.75, 3.05) is 26.7 Å². The molecule has 0 bridgehead atoms. The summed E-state index contributed by atoms with van der Waals surface area (Å²) in [7, 11) is 1.71. The maximum Gasteiger partial charge on any atom is 0.228 e. The third-order valence-electron chi connectivity index (χ3n) is 3.83. The predicted octanol–water partition coefficient (Wildman–Crippen LogP) is -0.811. The van der Waals surface area contributed by atoms with E-state index in [0.29, 0.717) is 19.6 Å². The van der Waals surface area contributed by atoms with Crippen LogP contribution < -0.4 is 5.73 Å². The minimum atomic E-state index is -0.341. The molecule has 2 atom stereocenters. The Morgan fingerprint density at radius 3 is 2.56 bits per heavy atom. The highest BCUT2D eigenvalue weighted by molar-refractivity contribution is 5.89. The third-order valence-corrected chi connectivity index (χ3v) is 3.83. The summed E-state index contributed by atoms with van der Waals surface area (Å²) in [5.74, 6) is -0.839. The van der Waals surface area contributed by atoms with E-state index in [-0.39, 0.29) is 36.0 Å². The molecule has 2 N–H and O–H groups in total. The fraction of sp³-hybridized carbons (Fsp3) is 0.750. The minimum absolute atomic E-state index is 0.0109. The van der Waals surface area contributed by atoms with Gasteiger partial charge in [-0.25, -0.2) is 0 Å². The molecule has 2 heterocycles. The first-order valence-electron chi connectivity index (χ1n) is 6.31. The molecule has 100 valence electrons. The van der Waals surface area contributed by atoms with Gasteiger partial charge in [-0.1, -0.05) is 0 Å². The van der Waals surface area contributed by atoms with Gasteiger partial charge in [0.2, 0.25) is 17.7 Å². The van der Waals surface area contributed by atoms with Crippen molar-refractivity contribution in [3.8, 4) is 0 Å². The van der Waals surface area contributed by atoms with Gasteiger partial charge in [-0.3, -0.25) is 14.4 Å². The number of nitrogens with two attached hydrogens (primary N) is 1. The molecule has 0 aromatic carbocycles. The molecule has 6 heteroatoms. The number of rotatable bonds is 2. The van der Waals surface area contributed by atoms with E-state index in [4.69, 9.17) is 5.73 Å². The molecule has 2 aliphatic rings. The van der Waals surface area contributed by atoms with E-state index in [1.165, 1.54) is 0 Å². The van der Waals surface area contributed by atoms with Crippen molar-refractivity contribution in [3.05, 3.63) is 0 Å². The zero-order valence-electron chi connectivity index (χ0n) is 10.6. The summed E-state index contributed by atoms with van der Waals surface area (Å²) < 4.78 is 0. The van der Waals surface area contributed by atoms with E-state index in [9.17, 15) is 14.4 Å². The molecule has 2 aliphatic heterocycles. The van der Waals surface area contributed by atoms with Crippen LogP contribution in [-0.4, -0.2) is 54.2 Å². The summed E-state index contributed by atoms with van der Waals surface area (Å²) in [4.78, 5) is 38.1. The molecule has 2 rings (SSSR count). The fourth-order valence-electron chi connectivity index (χ4n) is 2.70. The molecule has 0 aromatic heterocycles. The highest BCUT2D eigenvalue weighted by atomic mass is 16.2. The molecular weight excluding hydrogens is 234 g/mol. The zero-order chi connectivity index (χ0) is 13.3. The fourth-order valence-corrected chi connectivity index (χ4v) is 2.70. The number of likely N-dealkylation sites (tertiary alicyclic amines) is 2. The van der Waals surface area contributed by atoms with E-state index < -0.39 is 0 Å². The maximum atomic E-state index is 12.3. The molecule has 0 spiro atoms. The van der Waals surface area contributed by atoms with Crippen LogP contribution in [0.3, 0.4) is 0 Å². The molecule has 0 saturated carbocycles. The van der Waals surface area contributed by atoms with Crippen molar-refractivity contribution in [2.45, 2.75) is 19.3 Å². The first-order valence-corrected chi connectivity index (χ1v) is 6.31. The Morgan fingerprint density at radius 1 is 1.28 bits per heavy atom. The molecule has 2 fully saturated rings. The van der Waals surface area contributed by atoms with E-state index >= 15 is 0 Å². The average Bonchev–Trinajstić information content (AvgIpc) is 2.69. The number of hydrogen-bond acceptors (Lipinski definition) is 3. The summed E-state index contributed by atoms with van der Waals surface area (Å²) in [6.45, 7) is 1.55. The quantitative estimate of drug-likeness (QED) is 0.698. The number of carbonyl (C=O) groups is 3. The second kappa shape index (κ2) is 4.96. The Bertz CT molecular complexity index is 383. The van der Waals surface area contributed by atoms with E-state index in [0.717, 1.165) is 12.8 Å². The molecule has 0 aromatic rings. The number of carbonyl (C=O) groups excluding carboxylic acids is 3. The Morgan fingerprint density at radius 2 is 2.00 bits per heavy atom. The van der Waals surface area contributed by atoms with Crippen LogP contribution in [0.5, 0.6) is 0 Å². The monoisotopic (exact) mass is 253 g/mol. The van der Waals surface area contributed by atoms with E-state index in [1.807, 2.05) is 0 Å². The molecule has 2 unspecified atom stereocenters. The molecule has 0 radical (unpaired) electrons. The lowest BCUT2D eigenvalue weighted by Crippen LogP contribution is -2.46. The lowest BCUT2D eigenvalue weighted by molar-refractivity contribution is -0.139. The number of piperidine rings is 1. The standard InChI is InChI=1S/C12H19N3O3/c1-14-6-9(5-10(14)16)12(18)15-4-2-3-8(7-15)11(13)17/h8-9H,2-7H2,1H3,(H2,13,17). The molecule has 6 nitrogen and oxygen atoms in total. The second-order valence-corrected chi connectivity index (χ2v) is 5.20. The van der Waals surface area contributed by atoms with E-state index in [2.05, 4.69) is 0 Å². The van der Waals surface area contributed by atoms with Gasteiger partial charge < -0.3 is 15.5 Å². The van der Waals surface area contributed by atoms with Crippen molar-refractivity contribution in [3.63, 3.8) is 0 Å². The van der Waals surface area contributed by atoms with Gasteiger partial charge in [0.1, 0.15) is 0 Å². The van der Waals surface area contributed by atoms with Gasteiger partial charge in [0, 0.05) is 33.1 Å². The van der Waals surface area contributed by atoms with Gasteiger partial charge in [0.15, 0.2) is 0 Å². The van der Waals surface area contributed by atoms with Crippen LogP contribution in [0.2, 0.25) is 0 Å². The number of primary amides is 1. The van der Waals surface area contributed by atoms with Gasteiger partial charge in [-0.15, -0.1) is 0 Å². The summed E-state index contributed by atoms with van der Waals surface area (Å²) in [5, 5.41) is 0. The first kappa shape index (κ1) is 12.9. The van der Waals surface area contributed by atoms with Crippen LogP contribution in [-0.2, 0) is 14.4 Å². The highest BCUT2D eigenvalue weighted by Gasteiger charge is 2.36. The largest absolute Gasteiger partial charge is 0.369 e. The zero-order valence-corrected chi connectivity index (χ0v) is 10.6. The van der Waals surface area contributed by atoms with Crippen LogP contribution in [0.25, 0.3) is 0 Å². The third kappa shape index (κ3) is 2.47. The van der Waals surface area contributed by atoms with Crippen LogP contribution in [0.15, 0.2) is 0 Å². The lowest BCUT2D eigenvalue weighted by atomic mass is 9.96. The Kier molecular flexibility index (Phi) is 3.54. The van der Waals surface area contributed by atoms with Gasteiger partial charge in [-0.05, 0) is 12.8 Å². The summed E-state index contributed by atoms with van der Waals surface area (Å²) in [6, 6.07) is 0. The van der Waals surface area contributed by atoms with Crippen molar-refractivity contribution >= 4 is 17.7 Å². The number of nitrogens with zero attached hydrogens (tertiary/aromatic N) is 2. The van der Waals surface area contributed by atoms with Gasteiger partial charge in [0.25, 0.3) is 0 Å². The van der Waals surface area contributed by atoms with Crippen molar-refractivity contribution in [1.82, 2.24) is 9.80 Å². The van der Waals surface area contributed by atoms with E-state index in [1.54, 1.807) is 16.8 Å². The topological polar surface area (TPSA) is 83.7 Å². The first-order chi connectivity index (χ1) is 8.49. The van der Waals surface area contributed by atoms with Crippen molar-refractivity contribution < 1.29 is 14.4 Å². The smallest absolute Gasteiger partial charge is 0.228 e. The Balaban J connectivity index is 1.97. The summed E-state index contributed by atoms with van der Waals surface area (Å²) in [5.41, 5.74) is 5.29. The summed E-state index contributed by atoms with van der Waals surface area (Å²) >= 11 is 0. The molecule has 2 saturated heterocycles. The Labute approximate surface area is 106 Å². The number of amides is 3. The van der Waals surface area contributed by atoms with Crippen LogP contribution in [0.1, 0.15) is 19.3 Å². The van der Waals surface area contributed by atoms with Gasteiger partial charge in [0.05, 0.1) is 11.8 Å². The van der Waals surface area contributed by atoms with Crippen LogP contribution >= 0.6 is 0 Å². The number of hydrogen-bond donors (Lipinski definition) is 1. The van der Waals surface area contributed by atoms with Crippen LogP contribution in [0, 0.1) is 11.8 Å². The average molecular weight is 253 g/mol. The van der Waals surface area contributed by atoms with Crippen LogP contribution in [0.4, 0.5) is 0 Å². The SMILES string of the molecule is CN1CC(C(=O)N2CCCC(C(N)=O)C2)CC1=O. The maximum absolute atomic E-state index is 12.3. The minimum Gasteiger partial charge on any atom is -0.369 e. The van der Waals surface area contributed by atoms with Crippen molar-refractivity contribution in [2.24, 2.45) is 17.6 Å². The molecule has 0 aliphatic carbocycles.